The van der Waals surface area contributed by atoms with Gasteiger partial charge in [-0.25, -0.2) is 56.7 Å². The summed E-state index contributed by atoms with van der Waals surface area (Å²) in [7, 11) is -8.92. The number of aliphatic imine (C=N–C) groups is 4. The summed E-state index contributed by atoms with van der Waals surface area (Å²) >= 11 is 23.4. The first-order valence-electron chi connectivity index (χ1n) is 40.3. The van der Waals surface area contributed by atoms with Gasteiger partial charge in [-0.15, -0.1) is 0 Å². The Morgan fingerprint density at radius 1 is 0.394 bits per heavy atom. The molecule has 5 heterocycles. The molecule has 0 atom stereocenters. The van der Waals surface area contributed by atoms with Crippen molar-refractivity contribution in [2.75, 3.05) is 25.1 Å². The third kappa shape index (κ3) is 24.0. The summed E-state index contributed by atoms with van der Waals surface area (Å²) < 4.78 is 83.0. The smallest absolute Gasteiger partial charge is 0.462 e. The van der Waals surface area contributed by atoms with E-state index in [1.807, 2.05) is 146 Å². The second-order valence-corrected chi connectivity index (χ2v) is 41.1. The van der Waals surface area contributed by atoms with Crippen LogP contribution in [-0.4, -0.2) is 111 Å². The van der Waals surface area contributed by atoms with Gasteiger partial charge in [0.15, 0.2) is 5.75 Å². The number of carbonyl (C=O) groups is 5. The maximum absolute atomic E-state index is 13.2. The molecule has 14 aromatic carbocycles. The van der Waals surface area contributed by atoms with Crippen LogP contribution >= 0.6 is 74.0 Å². The van der Waals surface area contributed by atoms with Crippen molar-refractivity contribution in [1.29, 1.82) is 0 Å². The van der Waals surface area contributed by atoms with Crippen molar-refractivity contribution in [2.24, 2.45) is 20.0 Å². The first kappa shape index (κ1) is 96.4. The Morgan fingerprint density at radius 3 is 1.19 bits per heavy atom. The van der Waals surface area contributed by atoms with E-state index in [0.717, 1.165) is 76.1 Å². The number of hydrogen-bond acceptors (Lipinski definition) is 23. The van der Waals surface area contributed by atoms with Crippen LogP contribution in [0.1, 0.15) is 112 Å². The lowest BCUT2D eigenvalue weighted by Crippen LogP contribution is -2.29. The number of anilines is 1. The van der Waals surface area contributed by atoms with Crippen molar-refractivity contribution in [3.05, 3.63) is 406 Å². The molecule has 0 spiro atoms. The Kier molecular flexibility index (Phi) is 32.6. The average molecular weight is 1930 g/mol. The number of esters is 3. The molecule has 23 nitrogen and oxygen atoms in total. The number of nitrogens with zero attached hydrogens (tertiary/aromatic N) is 4. The molecule has 0 aromatic heterocycles. The molecule has 2 amide bonds. The first-order valence-corrected chi connectivity index (χ1v) is 49.7. The van der Waals surface area contributed by atoms with Gasteiger partial charge in [-0.3, -0.25) is 19.4 Å². The first-order chi connectivity index (χ1) is 63.6. The van der Waals surface area contributed by atoms with Crippen LogP contribution < -0.4 is 21.0 Å². The van der Waals surface area contributed by atoms with Gasteiger partial charge in [0, 0.05) is 64.1 Å². The van der Waals surface area contributed by atoms with Gasteiger partial charge < -0.3 is 34.3 Å². The SMILES string of the molecule is CCOC(=O)c1ccc(B(O)O)cc1.CCOC(=O)c1ccc(C2=Nc3ccccc3Oc3ccccc32)cc1.CCOC(=O)c1ccc(C2=Nc3ccccc3S(=O)(=O)c3ccccc32)cc1.ClC1=Nc2ccccc2Sc2ccccc21.O=C(NO)c1ccc(C2=Nc3ccccc3S(=O)(=O)c3ccccc32)cc1.O=C1Nc2ccccc2Sc2ccccc21.O=P(Cl)(Cl)Cl. The van der Waals surface area contributed by atoms with Gasteiger partial charge in [0.2, 0.25) is 19.7 Å². The van der Waals surface area contributed by atoms with Crippen molar-refractivity contribution in [2.45, 2.75) is 59.9 Å². The highest BCUT2D eigenvalue weighted by Crippen LogP contribution is 2.61. The number of carbonyl (C=O) groups excluding carboxylic acids is 5. The third-order valence-corrected chi connectivity index (χ3v) is 25.9. The molecular weight excluding hydrogens is 1860 g/mol. The maximum atomic E-state index is 13.2. The van der Waals surface area contributed by atoms with Gasteiger partial charge in [0.1, 0.15) is 16.6 Å². The summed E-state index contributed by atoms with van der Waals surface area (Å²) in [5.74, 6) is -0.318. The standard InChI is InChI=1S/C22H17NO4S.C22H17NO3.C20H14N2O4S.C13H8ClNS.C13H9NOS.C9H11BO4.Cl3OP/c1-2-27-22(24)16-13-11-15(12-14-16)21-17-7-3-5-9-19(17)28(25,26)20-10-6-4-8-18(20)23-21;1-2-25-22(24)16-13-11-15(12-14-16)21-17-7-3-5-9-19(17)26-20-10-6-4-8-18(20)23-21;23-20(22-24)14-11-9-13(10-12-14)19-15-5-1-3-7-17(15)27(25,26)18-8-4-2-6-16(18)21-19;14-13-9-5-1-3-7-11(9)16-12-8-4-2-6-10(12)15-13;15-13-9-5-1-3-7-11(9)16-12-8-4-2-6-10(12)14-13;1-2-14-9(11)7-3-5-8(6-4-7)10(12)13;1-5(2,3)4/h3-14H,2H2,1H3;3-14H,2H2,1H3;1-12,24H,(H,22,23);1-8H;1-8H,(H,14,15);3-6,12-13H,2H2,1H3;. The molecule has 664 valence electrons. The largest absolute Gasteiger partial charge is 0.488 e. The normalized spacial score (nSPS) is 13.1. The highest BCUT2D eigenvalue weighted by atomic mass is 36.0. The maximum Gasteiger partial charge on any atom is 0.488 e. The van der Waals surface area contributed by atoms with Crippen molar-refractivity contribution < 1.29 is 79.6 Å². The fourth-order valence-corrected chi connectivity index (χ4v) is 19.0. The van der Waals surface area contributed by atoms with Crippen molar-refractivity contribution in [3.63, 3.8) is 0 Å². The van der Waals surface area contributed by atoms with Gasteiger partial charge in [0.25, 0.3) is 11.8 Å². The minimum atomic E-state index is -3.72. The van der Waals surface area contributed by atoms with E-state index in [2.05, 4.69) is 66.1 Å². The van der Waals surface area contributed by atoms with Gasteiger partial charge in [-0.05, 0) is 212 Å². The lowest BCUT2D eigenvalue weighted by Gasteiger charge is -2.10. The summed E-state index contributed by atoms with van der Waals surface area (Å²) in [6.07, 6.45) is 0. The zero-order valence-electron chi connectivity index (χ0n) is 70.0. The molecule has 19 rings (SSSR count). The number of sulfone groups is 2. The number of ether oxygens (including phenoxy) is 4. The molecule has 0 saturated carbocycles. The van der Waals surface area contributed by atoms with Gasteiger partial charge in [-0.2, -0.15) is 0 Å². The molecule has 0 radical (unpaired) electrons. The fourth-order valence-electron chi connectivity index (χ4n) is 13.5. The van der Waals surface area contributed by atoms with E-state index in [-0.39, 0.29) is 37.0 Å². The molecule has 0 fully saturated rings. The van der Waals surface area contributed by atoms with Crippen LogP contribution in [0.5, 0.6) is 11.5 Å². The average Bonchev–Trinajstić information content (AvgIpc) is 1.60. The van der Waals surface area contributed by atoms with Crippen LogP contribution in [0, 0.1) is 0 Å². The lowest BCUT2D eigenvalue weighted by molar-refractivity contribution is 0.0516. The highest BCUT2D eigenvalue weighted by Gasteiger charge is 2.33. The number of hydroxylamine groups is 1. The summed E-state index contributed by atoms with van der Waals surface area (Å²) in [5.41, 5.74) is 14.7. The minimum absolute atomic E-state index is 0.0342. The topological polar surface area (TPSA) is 342 Å². The Labute approximate surface area is 788 Å². The number of fused-ring (bicyclic) bond motifs is 10. The molecule has 5 N–H and O–H groups in total. The number of para-hydroxylation sites is 7. The van der Waals surface area contributed by atoms with Crippen LogP contribution in [0.25, 0.3) is 0 Å². The Morgan fingerprint density at radius 2 is 0.727 bits per heavy atom. The number of rotatable bonds is 11. The van der Waals surface area contributed by atoms with Crippen LogP contribution in [0.15, 0.2) is 399 Å². The zero-order valence-corrected chi connectivity index (χ0v) is 77.2. The van der Waals surface area contributed by atoms with Gasteiger partial charge >= 0.3 is 30.2 Å². The molecule has 33 heteroatoms. The number of amides is 2. The van der Waals surface area contributed by atoms with Gasteiger partial charge in [-0.1, -0.05) is 223 Å². The summed E-state index contributed by atoms with van der Waals surface area (Å²) in [6, 6.07) is 100. The number of hydrogen-bond donors (Lipinski definition) is 5. The number of halogens is 4. The third-order valence-electron chi connectivity index (χ3n) is 19.6. The fraction of sp³-hybridized carbons (Fsp3) is 0.0606. The molecule has 0 unspecified atom stereocenters. The molecule has 132 heavy (non-hydrogen) atoms. The summed E-state index contributed by atoms with van der Waals surface area (Å²) in [5, 5.41) is 26.6. The second kappa shape index (κ2) is 44.6. The molecule has 14 aromatic rings. The van der Waals surface area contributed by atoms with Crippen LogP contribution in [0.3, 0.4) is 0 Å². The monoisotopic (exact) mass is 1930 g/mol. The van der Waals surface area contributed by atoms with E-state index in [4.69, 9.17) is 50.8 Å². The molecule has 5 aliphatic rings. The second-order valence-electron chi connectivity index (χ2n) is 28.1. The van der Waals surface area contributed by atoms with E-state index in [1.165, 1.54) is 36.4 Å². The molecule has 0 saturated heterocycles. The quantitative estimate of drug-likeness (QED) is 0.0200. The van der Waals surface area contributed by atoms with E-state index < -0.39 is 49.8 Å². The summed E-state index contributed by atoms with van der Waals surface area (Å²) in [4.78, 5) is 82.1. The highest BCUT2D eigenvalue weighted by molar-refractivity contribution is 8.24. The molecule has 0 aliphatic carbocycles. The lowest BCUT2D eigenvalue weighted by atomic mass is 9.80. The minimum Gasteiger partial charge on any atom is -0.462 e. The molecule has 5 aliphatic heterocycles. The van der Waals surface area contributed by atoms with Crippen LogP contribution in [0.4, 0.5) is 28.4 Å². The predicted octanol–water partition coefficient (Wildman–Crippen LogP) is 22.7. The van der Waals surface area contributed by atoms with Crippen LogP contribution in [-0.2, 0) is 38.5 Å². The number of nitrogens with one attached hydrogen (secondary N) is 2. The summed E-state index contributed by atoms with van der Waals surface area (Å²) in [6.45, 7) is 6.25. The van der Waals surface area contributed by atoms with E-state index in [1.54, 1.807) is 195 Å². The number of benzene rings is 14. The van der Waals surface area contributed by atoms with E-state index in [0.29, 0.717) is 92.2 Å². The van der Waals surface area contributed by atoms with Gasteiger partial charge in [0.05, 0.1) is 102 Å². The predicted molar refractivity (Wildman–Crippen MR) is 517 cm³/mol. The molecular formula is C99H76BCl4N6O17PS4. The Bertz CT molecular complexity index is 7080. The van der Waals surface area contributed by atoms with Crippen molar-refractivity contribution >= 4 is 187 Å². The van der Waals surface area contributed by atoms with E-state index in [9.17, 15) is 45.4 Å². The Balaban J connectivity index is 0.000000136. The van der Waals surface area contributed by atoms with Crippen molar-refractivity contribution in [1.82, 2.24) is 5.48 Å². The molecule has 0 bridgehead atoms. The van der Waals surface area contributed by atoms with Crippen molar-refractivity contribution in [3.8, 4) is 11.5 Å². The van der Waals surface area contributed by atoms with E-state index >= 15 is 0 Å². The Hall–Kier alpha value is -13.2. The zero-order chi connectivity index (χ0) is 93.6. The van der Waals surface area contributed by atoms with Crippen LogP contribution in [0.2, 0.25) is 0 Å².